The van der Waals surface area contributed by atoms with Crippen LogP contribution in [0.4, 0.5) is 13.2 Å². The van der Waals surface area contributed by atoms with Crippen LogP contribution in [0.2, 0.25) is 5.02 Å². The van der Waals surface area contributed by atoms with Crippen LogP contribution in [0.1, 0.15) is 36.2 Å². The number of hydrogen-bond acceptors (Lipinski definition) is 10. The molecule has 1 aliphatic carbocycles. The first-order valence-corrected chi connectivity index (χ1v) is 12.2. The van der Waals surface area contributed by atoms with Gasteiger partial charge in [-0.2, -0.15) is 13.2 Å². The maximum atomic E-state index is 12.8. The lowest BCUT2D eigenvalue weighted by Gasteiger charge is -2.27. The Morgan fingerprint density at radius 2 is 1.67 bits per heavy atom. The van der Waals surface area contributed by atoms with E-state index in [4.69, 9.17) is 25.8 Å². The minimum absolute atomic E-state index is 0.353. The topological polar surface area (TPSA) is 139 Å². The van der Waals surface area contributed by atoms with E-state index in [0.717, 1.165) is 38.3 Å². The summed E-state index contributed by atoms with van der Waals surface area (Å²) < 4.78 is 81.1. The Bertz CT molecular complexity index is 1210. The second-order valence-electron chi connectivity index (χ2n) is 7.55. The van der Waals surface area contributed by atoms with Gasteiger partial charge in [0.05, 0.1) is 22.1 Å². The van der Waals surface area contributed by atoms with Gasteiger partial charge in [0.15, 0.2) is 33.6 Å². The number of carbonyl (C=O) groups is 4. The Morgan fingerprint density at radius 3 is 2.19 bits per heavy atom. The molecule has 2 unspecified atom stereocenters. The lowest BCUT2D eigenvalue weighted by atomic mass is 9.98. The van der Waals surface area contributed by atoms with Crippen LogP contribution in [0.25, 0.3) is 0 Å². The summed E-state index contributed by atoms with van der Waals surface area (Å²) in [6, 6.07) is 1.90. The molecule has 2 atom stereocenters. The highest BCUT2D eigenvalue weighted by molar-refractivity contribution is 7.90. The van der Waals surface area contributed by atoms with Crippen LogP contribution in [0, 0.1) is 0 Å². The Morgan fingerprint density at radius 1 is 1.08 bits per heavy atom. The zero-order valence-electron chi connectivity index (χ0n) is 19.0. The van der Waals surface area contributed by atoms with Crippen molar-refractivity contribution in [3.05, 3.63) is 40.1 Å². The number of carbonyl (C=O) groups excluding carboxylic acids is 4. The number of ketones is 1. The molecule has 15 heteroatoms. The van der Waals surface area contributed by atoms with Crippen molar-refractivity contribution in [2.75, 3.05) is 12.9 Å². The zero-order chi connectivity index (χ0) is 27.4. The molecule has 0 spiro atoms. The molecule has 10 nitrogen and oxygen atoms in total. The lowest BCUT2D eigenvalue weighted by molar-refractivity contribution is -0.176. The van der Waals surface area contributed by atoms with Gasteiger partial charge in [0.25, 0.3) is 0 Å². The van der Waals surface area contributed by atoms with E-state index in [1.807, 2.05) is 0 Å². The molecule has 0 radical (unpaired) electrons. The number of alkyl halides is 3. The zero-order valence-corrected chi connectivity index (χ0v) is 20.6. The molecule has 0 amide bonds. The van der Waals surface area contributed by atoms with Gasteiger partial charge in [0.1, 0.15) is 6.61 Å². The summed E-state index contributed by atoms with van der Waals surface area (Å²) in [7, 11) is -3.99. The predicted molar refractivity (Wildman–Crippen MR) is 115 cm³/mol. The predicted octanol–water partition coefficient (Wildman–Crippen LogP) is 2.70. The van der Waals surface area contributed by atoms with E-state index in [1.165, 1.54) is 0 Å². The largest absolute Gasteiger partial charge is 0.454 e. The highest BCUT2D eigenvalue weighted by atomic mass is 35.5. The van der Waals surface area contributed by atoms with Crippen molar-refractivity contribution >= 4 is 45.1 Å². The summed E-state index contributed by atoms with van der Waals surface area (Å²) in [5.41, 5.74) is -0.885. The van der Waals surface area contributed by atoms with Crippen molar-refractivity contribution in [3.8, 4) is 0 Å². The Hall–Kier alpha value is -2.97. The lowest BCUT2D eigenvalue weighted by Crippen LogP contribution is -2.38. The molecular formula is C21H20ClF3O10S. The van der Waals surface area contributed by atoms with Gasteiger partial charge in [-0.05, 0) is 12.1 Å². The van der Waals surface area contributed by atoms with Crippen molar-refractivity contribution in [3.63, 3.8) is 0 Å². The molecule has 0 saturated heterocycles. The van der Waals surface area contributed by atoms with Crippen LogP contribution < -0.4 is 0 Å². The van der Waals surface area contributed by atoms with E-state index < -0.39 is 91.9 Å². The monoisotopic (exact) mass is 556 g/mol. The van der Waals surface area contributed by atoms with Crippen molar-refractivity contribution in [2.45, 2.75) is 50.2 Å². The Balaban J connectivity index is 2.40. The first-order valence-electron chi connectivity index (χ1n) is 9.97. The smallest absolute Gasteiger partial charge is 0.411 e. The van der Waals surface area contributed by atoms with Gasteiger partial charge in [0, 0.05) is 38.2 Å². The highest BCUT2D eigenvalue weighted by Crippen LogP contribution is 2.31. The SMILES string of the molecule is CC(=O)OC1CC(OC(C)=O)C(OC(=O)c2ccc(S(C)(=O)=O)c(COCC(F)(F)F)c2Cl)=CC1=O. The van der Waals surface area contributed by atoms with Crippen molar-refractivity contribution in [2.24, 2.45) is 0 Å². The third-order valence-corrected chi connectivity index (χ3v) is 6.12. The summed E-state index contributed by atoms with van der Waals surface area (Å²) in [6.45, 7) is -0.497. The van der Waals surface area contributed by atoms with E-state index >= 15 is 0 Å². The van der Waals surface area contributed by atoms with Gasteiger partial charge in [-0.25, -0.2) is 13.2 Å². The van der Waals surface area contributed by atoms with E-state index in [-0.39, 0.29) is 6.42 Å². The molecular weight excluding hydrogens is 537 g/mol. The molecule has 36 heavy (non-hydrogen) atoms. The number of ether oxygens (including phenoxy) is 4. The van der Waals surface area contributed by atoms with Crippen LogP contribution in [0.5, 0.6) is 0 Å². The molecule has 1 aromatic rings. The van der Waals surface area contributed by atoms with Gasteiger partial charge in [-0.3, -0.25) is 14.4 Å². The number of benzene rings is 1. The maximum Gasteiger partial charge on any atom is 0.411 e. The van der Waals surface area contributed by atoms with Gasteiger partial charge in [0.2, 0.25) is 0 Å². The Kier molecular flexibility index (Phi) is 9.26. The molecule has 0 aromatic heterocycles. The maximum absolute atomic E-state index is 12.8. The van der Waals surface area contributed by atoms with Crippen LogP contribution in [-0.2, 0) is 49.8 Å². The van der Waals surface area contributed by atoms with Gasteiger partial charge >= 0.3 is 24.1 Å². The third kappa shape index (κ3) is 8.03. The standard InChI is InChI=1S/C21H20ClF3O10S/c1-10(26)33-15-7-17(34-11(2)27)16(6-14(15)28)35-20(29)12-4-5-18(36(3,30)31)13(19(12)22)8-32-9-21(23,24)25/h4-6,15,17H,7-9H2,1-3H3. The first kappa shape index (κ1) is 29.3. The minimum Gasteiger partial charge on any atom is -0.454 e. The molecule has 0 saturated carbocycles. The molecule has 198 valence electrons. The van der Waals surface area contributed by atoms with Gasteiger partial charge in [-0.15, -0.1) is 0 Å². The van der Waals surface area contributed by atoms with Crippen LogP contribution in [0.15, 0.2) is 28.9 Å². The van der Waals surface area contributed by atoms with Crippen molar-refractivity contribution in [1.82, 2.24) is 0 Å². The number of sulfone groups is 1. The normalized spacial score (nSPS) is 18.3. The molecule has 0 heterocycles. The fourth-order valence-electron chi connectivity index (χ4n) is 3.13. The number of rotatable bonds is 8. The summed E-state index contributed by atoms with van der Waals surface area (Å²) >= 11 is 6.16. The summed E-state index contributed by atoms with van der Waals surface area (Å²) in [5, 5.41) is -0.560. The minimum atomic E-state index is -4.70. The third-order valence-electron chi connectivity index (χ3n) is 4.51. The molecule has 0 aliphatic heterocycles. The average Bonchev–Trinajstić information content (AvgIpc) is 2.69. The fourth-order valence-corrected chi connectivity index (χ4v) is 4.41. The molecule has 0 N–H and O–H groups in total. The highest BCUT2D eigenvalue weighted by Gasteiger charge is 2.37. The Labute approximate surface area is 208 Å². The van der Waals surface area contributed by atoms with E-state index in [1.54, 1.807) is 0 Å². The van der Waals surface area contributed by atoms with Crippen molar-refractivity contribution in [1.29, 1.82) is 0 Å². The number of esters is 3. The summed E-state index contributed by atoms with van der Waals surface area (Å²) in [5.74, 6) is -4.02. The van der Waals surface area contributed by atoms with Crippen molar-refractivity contribution < 1.29 is 59.7 Å². The fraction of sp³-hybridized carbons (Fsp3) is 0.429. The van der Waals surface area contributed by atoms with E-state index in [9.17, 15) is 40.8 Å². The van der Waals surface area contributed by atoms with Crippen LogP contribution in [-0.4, -0.2) is 63.4 Å². The van der Waals surface area contributed by atoms with Crippen LogP contribution in [0.3, 0.4) is 0 Å². The van der Waals surface area contributed by atoms with Gasteiger partial charge < -0.3 is 18.9 Å². The summed E-state index contributed by atoms with van der Waals surface area (Å²) in [6.07, 6.45) is -6.10. The number of hydrogen-bond donors (Lipinski definition) is 0. The molecule has 1 aliphatic rings. The second kappa shape index (κ2) is 11.4. The van der Waals surface area contributed by atoms with E-state index in [0.29, 0.717) is 0 Å². The molecule has 1 aromatic carbocycles. The average molecular weight is 557 g/mol. The number of halogens is 4. The molecule has 0 bridgehead atoms. The van der Waals surface area contributed by atoms with Crippen LogP contribution >= 0.6 is 11.6 Å². The molecule has 2 rings (SSSR count). The van der Waals surface area contributed by atoms with Gasteiger partial charge in [-0.1, -0.05) is 11.6 Å². The first-order chi connectivity index (χ1) is 16.5. The summed E-state index contributed by atoms with van der Waals surface area (Å²) in [4.78, 5) is 47.3. The molecule has 0 fully saturated rings. The second-order valence-corrected chi connectivity index (χ2v) is 9.92. The quantitative estimate of drug-likeness (QED) is 0.347. The van der Waals surface area contributed by atoms with E-state index in [2.05, 4.69) is 4.74 Å².